The Kier molecular flexibility index (Phi) is 7.77. The number of morpholine rings is 1. The minimum atomic E-state index is -0.178. The number of ether oxygens (including phenoxy) is 3. The van der Waals surface area contributed by atoms with Gasteiger partial charge in [-0.05, 0) is 36.9 Å². The SMILES string of the molecule is COCCN(C)Cc1cccc(C(=O)Nc2nc3c(OC)ccc(N4CCOCC4)c3s2)c1. The molecule has 3 aromatic rings. The summed E-state index contributed by atoms with van der Waals surface area (Å²) in [6.07, 6.45) is 0. The average molecular weight is 471 g/mol. The van der Waals surface area contributed by atoms with Crippen LogP contribution in [0.1, 0.15) is 15.9 Å². The van der Waals surface area contributed by atoms with E-state index in [2.05, 4.69) is 21.2 Å². The lowest BCUT2D eigenvalue weighted by Gasteiger charge is -2.29. The van der Waals surface area contributed by atoms with Gasteiger partial charge in [-0.25, -0.2) is 4.98 Å². The van der Waals surface area contributed by atoms with Crippen LogP contribution in [0.3, 0.4) is 0 Å². The lowest BCUT2D eigenvalue weighted by Crippen LogP contribution is -2.36. The van der Waals surface area contributed by atoms with Crippen LogP contribution in [0.2, 0.25) is 0 Å². The molecule has 1 N–H and O–H groups in total. The van der Waals surface area contributed by atoms with Crippen molar-refractivity contribution in [2.75, 3.05) is 70.9 Å². The minimum absolute atomic E-state index is 0.178. The Labute approximate surface area is 198 Å². The van der Waals surface area contributed by atoms with Crippen LogP contribution in [0.25, 0.3) is 10.2 Å². The molecule has 0 aliphatic carbocycles. The number of nitrogens with zero attached hydrogens (tertiary/aromatic N) is 3. The van der Waals surface area contributed by atoms with Crippen molar-refractivity contribution in [2.45, 2.75) is 6.54 Å². The van der Waals surface area contributed by atoms with Gasteiger partial charge in [0, 0.05) is 38.9 Å². The number of fused-ring (bicyclic) bond motifs is 1. The summed E-state index contributed by atoms with van der Waals surface area (Å²) in [4.78, 5) is 22.1. The third kappa shape index (κ3) is 5.62. The van der Waals surface area contributed by atoms with Crippen LogP contribution >= 0.6 is 11.3 Å². The molecule has 1 aromatic heterocycles. The number of thiazole rings is 1. The fraction of sp³-hybridized carbons (Fsp3) is 0.417. The molecule has 9 heteroatoms. The van der Waals surface area contributed by atoms with Crippen molar-refractivity contribution >= 4 is 38.3 Å². The maximum absolute atomic E-state index is 13.0. The second kappa shape index (κ2) is 10.9. The fourth-order valence-electron chi connectivity index (χ4n) is 3.86. The molecule has 4 rings (SSSR count). The fourth-order valence-corrected chi connectivity index (χ4v) is 4.88. The topological polar surface area (TPSA) is 76.2 Å². The highest BCUT2D eigenvalue weighted by Gasteiger charge is 2.20. The summed E-state index contributed by atoms with van der Waals surface area (Å²) >= 11 is 1.47. The number of hydrogen-bond acceptors (Lipinski definition) is 8. The molecule has 0 spiro atoms. The lowest BCUT2D eigenvalue weighted by molar-refractivity contribution is 0.102. The Morgan fingerprint density at radius 3 is 2.82 bits per heavy atom. The van der Waals surface area contributed by atoms with Gasteiger partial charge in [0.05, 0.1) is 37.3 Å². The molecule has 0 radical (unpaired) electrons. The number of likely N-dealkylation sites (N-methyl/N-ethyl adjacent to an activating group) is 1. The van der Waals surface area contributed by atoms with E-state index in [0.717, 1.165) is 47.6 Å². The standard InChI is InChI=1S/C24H30N4O4S/c1-27(9-12-30-2)16-17-5-4-6-18(15-17)23(29)26-24-25-21-20(31-3)8-7-19(22(21)33-24)28-10-13-32-14-11-28/h4-8,15H,9-14,16H2,1-3H3,(H,25,26,29). The minimum Gasteiger partial charge on any atom is -0.494 e. The number of methoxy groups -OCH3 is 2. The molecule has 8 nitrogen and oxygen atoms in total. The summed E-state index contributed by atoms with van der Waals surface area (Å²) in [6, 6.07) is 11.7. The van der Waals surface area contributed by atoms with Crippen molar-refractivity contribution < 1.29 is 19.0 Å². The van der Waals surface area contributed by atoms with Gasteiger partial charge in [0.25, 0.3) is 5.91 Å². The summed E-state index contributed by atoms with van der Waals surface area (Å²) in [7, 11) is 5.36. The molecule has 1 aliphatic heterocycles. The smallest absolute Gasteiger partial charge is 0.257 e. The lowest BCUT2D eigenvalue weighted by atomic mass is 10.1. The monoisotopic (exact) mass is 470 g/mol. The van der Waals surface area contributed by atoms with Crippen LogP contribution in [0, 0.1) is 0 Å². The molecule has 0 atom stereocenters. The molecule has 1 amide bonds. The number of hydrogen-bond donors (Lipinski definition) is 1. The number of anilines is 2. The highest BCUT2D eigenvalue weighted by atomic mass is 32.1. The number of carbonyl (C=O) groups excluding carboxylic acids is 1. The molecular formula is C24H30N4O4S. The molecule has 0 unspecified atom stereocenters. The summed E-state index contributed by atoms with van der Waals surface area (Å²) in [5.41, 5.74) is 3.53. The summed E-state index contributed by atoms with van der Waals surface area (Å²) < 4.78 is 17.2. The van der Waals surface area contributed by atoms with Crippen molar-refractivity contribution in [3.05, 3.63) is 47.5 Å². The zero-order chi connectivity index (χ0) is 23.2. The van der Waals surface area contributed by atoms with Gasteiger partial charge >= 0.3 is 0 Å². The number of rotatable bonds is 9. The summed E-state index contributed by atoms with van der Waals surface area (Å²) in [5.74, 6) is 0.516. The van der Waals surface area contributed by atoms with Crippen LogP contribution in [-0.2, 0) is 16.0 Å². The summed E-state index contributed by atoms with van der Waals surface area (Å²) in [5, 5.41) is 3.53. The number of aromatic nitrogens is 1. The van der Waals surface area contributed by atoms with E-state index in [1.54, 1.807) is 14.2 Å². The van der Waals surface area contributed by atoms with Crippen molar-refractivity contribution in [3.8, 4) is 5.75 Å². The Morgan fingerprint density at radius 1 is 1.24 bits per heavy atom. The van der Waals surface area contributed by atoms with E-state index >= 15 is 0 Å². The second-order valence-corrected chi connectivity index (χ2v) is 8.97. The van der Waals surface area contributed by atoms with Gasteiger partial charge in [-0.3, -0.25) is 15.0 Å². The van der Waals surface area contributed by atoms with Crippen LogP contribution in [0.15, 0.2) is 36.4 Å². The molecule has 2 aromatic carbocycles. The number of carbonyl (C=O) groups is 1. The van der Waals surface area contributed by atoms with E-state index in [1.807, 2.05) is 37.4 Å². The first kappa shape index (κ1) is 23.4. The van der Waals surface area contributed by atoms with E-state index in [1.165, 1.54) is 11.3 Å². The summed E-state index contributed by atoms with van der Waals surface area (Å²) in [6.45, 7) is 5.29. The normalized spacial score (nSPS) is 14.1. The first-order chi connectivity index (χ1) is 16.1. The molecule has 33 heavy (non-hydrogen) atoms. The molecule has 2 heterocycles. The maximum Gasteiger partial charge on any atom is 0.257 e. The van der Waals surface area contributed by atoms with E-state index in [9.17, 15) is 4.79 Å². The first-order valence-corrected chi connectivity index (χ1v) is 11.8. The van der Waals surface area contributed by atoms with Crippen molar-refractivity contribution in [1.82, 2.24) is 9.88 Å². The van der Waals surface area contributed by atoms with Gasteiger partial charge in [0.1, 0.15) is 11.3 Å². The number of nitrogens with one attached hydrogen (secondary N) is 1. The zero-order valence-electron chi connectivity index (χ0n) is 19.3. The van der Waals surface area contributed by atoms with Crippen molar-refractivity contribution in [2.24, 2.45) is 0 Å². The Hall–Kier alpha value is -2.72. The van der Waals surface area contributed by atoms with E-state index in [-0.39, 0.29) is 5.91 Å². The quantitative estimate of drug-likeness (QED) is 0.513. The highest BCUT2D eigenvalue weighted by Crippen LogP contribution is 2.39. The molecule has 1 saturated heterocycles. The highest BCUT2D eigenvalue weighted by molar-refractivity contribution is 7.23. The van der Waals surface area contributed by atoms with Gasteiger partial charge in [-0.1, -0.05) is 23.5 Å². The Bertz CT molecular complexity index is 1100. The zero-order valence-corrected chi connectivity index (χ0v) is 20.1. The van der Waals surface area contributed by atoms with Gasteiger partial charge in [0.15, 0.2) is 5.13 Å². The van der Waals surface area contributed by atoms with Crippen LogP contribution in [0.5, 0.6) is 5.75 Å². The first-order valence-electron chi connectivity index (χ1n) is 11.0. The average Bonchev–Trinajstić information content (AvgIpc) is 3.26. The Balaban J connectivity index is 1.54. The molecule has 176 valence electrons. The van der Waals surface area contributed by atoms with Crippen molar-refractivity contribution in [3.63, 3.8) is 0 Å². The van der Waals surface area contributed by atoms with Gasteiger partial charge in [-0.15, -0.1) is 0 Å². The van der Waals surface area contributed by atoms with Crippen LogP contribution in [0.4, 0.5) is 10.8 Å². The van der Waals surface area contributed by atoms with Gasteiger partial charge in [-0.2, -0.15) is 0 Å². The third-order valence-electron chi connectivity index (χ3n) is 5.60. The van der Waals surface area contributed by atoms with Crippen molar-refractivity contribution in [1.29, 1.82) is 0 Å². The predicted octanol–water partition coefficient (Wildman–Crippen LogP) is 3.47. The Morgan fingerprint density at radius 2 is 2.06 bits per heavy atom. The maximum atomic E-state index is 13.0. The molecule has 0 saturated carbocycles. The van der Waals surface area contributed by atoms with Crippen LogP contribution < -0.4 is 15.0 Å². The molecule has 1 fully saturated rings. The second-order valence-electron chi connectivity index (χ2n) is 7.97. The molecular weight excluding hydrogens is 440 g/mol. The van der Waals surface area contributed by atoms with E-state index < -0.39 is 0 Å². The molecule has 1 aliphatic rings. The largest absolute Gasteiger partial charge is 0.494 e. The number of benzene rings is 2. The van der Waals surface area contributed by atoms with E-state index in [4.69, 9.17) is 19.2 Å². The number of amides is 1. The predicted molar refractivity (Wildman–Crippen MR) is 132 cm³/mol. The van der Waals surface area contributed by atoms with Gasteiger partial charge in [0.2, 0.25) is 0 Å². The van der Waals surface area contributed by atoms with Gasteiger partial charge < -0.3 is 19.1 Å². The third-order valence-corrected chi connectivity index (χ3v) is 6.59. The van der Waals surface area contributed by atoms with E-state index in [0.29, 0.717) is 36.3 Å². The van der Waals surface area contributed by atoms with Crippen LogP contribution in [-0.4, -0.2) is 76.5 Å². The molecule has 0 bridgehead atoms.